The van der Waals surface area contributed by atoms with Gasteiger partial charge in [-0.05, 0) is 64.3 Å². The molecule has 0 saturated carbocycles. The maximum absolute atomic E-state index is 5.07. The lowest BCUT2D eigenvalue weighted by atomic mass is 10.2. The van der Waals surface area contributed by atoms with Crippen molar-refractivity contribution in [2.24, 2.45) is 10.2 Å². The second kappa shape index (κ2) is 10.6. The Bertz CT molecular complexity index is 589. The summed E-state index contributed by atoms with van der Waals surface area (Å²) in [5, 5.41) is 15.3. The van der Waals surface area contributed by atoms with Gasteiger partial charge in [0.25, 0.3) is 0 Å². The van der Waals surface area contributed by atoms with E-state index in [1.54, 1.807) is 0 Å². The van der Waals surface area contributed by atoms with E-state index >= 15 is 0 Å². The minimum atomic E-state index is 0.479. The molecule has 130 valence electrons. The molecular formula is C15H23N7S2. The lowest BCUT2D eigenvalue weighted by Gasteiger charge is -2.07. The first-order chi connectivity index (χ1) is 11.5. The lowest BCUT2D eigenvalue weighted by molar-refractivity contribution is 0.898. The molecule has 1 heterocycles. The highest BCUT2D eigenvalue weighted by Gasteiger charge is 2.05. The molecule has 0 atom stereocenters. The molecule has 0 aliphatic heterocycles. The summed E-state index contributed by atoms with van der Waals surface area (Å²) in [6.45, 7) is 9.13. The quantitative estimate of drug-likeness (QED) is 0.345. The van der Waals surface area contributed by atoms with Gasteiger partial charge in [-0.1, -0.05) is 6.07 Å². The van der Waals surface area contributed by atoms with Crippen molar-refractivity contribution in [2.45, 2.75) is 27.7 Å². The fraction of sp³-hybridized carbons (Fsp3) is 0.400. The van der Waals surface area contributed by atoms with E-state index in [0.717, 1.165) is 35.9 Å². The van der Waals surface area contributed by atoms with E-state index in [2.05, 4.69) is 36.7 Å². The van der Waals surface area contributed by atoms with Gasteiger partial charge >= 0.3 is 0 Å². The highest BCUT2D eigenvalue weighted by Crippen LogP contribution is 2.02. The lowest BCUT2D eigenvalue weighted by Crippen LogP contribution is -2.32. The fourth-order valence-corrected chi connectivity index (χ4v) is 2.00. The number of hydrogen-bond acceptors (Lipinski definition) is 5. The van der Waals surface area contributed by atoms with Crippen molar-refractivity contribution in [1.82, 2.24) is 26.5 Å². The van der Waals surface area contributed by atoms with Gasteiger partial charge in [0.2, 0.25) is 0 Å². The maximum Gasteiger partial charge on any atom is 0.186 e. The number of nitrogens with zero attached hydrogens (tertiary/aromatic N) is 3. The molecule has 7 nitrogen and oxygen atoms in total. The van der Waals surface area contributed by atoms with Gasteiger partial charge < -0.3 is 10.6 Å². The van der Waals surface area contributed by atoms with Gasteiger partial charge in [-0.25, -0.2) is 4.98 Å². The van der Waals surface area contributed by atoms with Gasteiger partial charge in [0.1, 0.15) is 0 Å². The number of hydrogen-bond donors (Lipinski definition) is 4. The summed E-state index contributed by atoms with van der Waals surface area (Å²) >= 11 is 10.1. The fourth-order valence-electron chi connectivity index (χ4n) is 1.62. The Morgan fingerprint density at radius 3 is 1.71 bits per heavy atom. The van der Waals surface area contributed by atoms with Crippen LogP contribution in [-0.2, 0) is 0 Å². The predicted octanol–water partition coefficient (Wildman–Crippen LogP) is 1.50. The molecule has 24 heavy (non-hydrogen) atoms. The average molecular weight is 366 g/mol. The van der Waals surface area contributed by atoms with Crippen molar-refractivity contribution in [2.75, 3.05) is 13.1 Å². The van der Waals surface area contributed by atoms with E-state index in [4.69, 9.17) is 24.4 Å². The first-order valence-corrected chi connectivity index (χ1v) is 8.43. The number of rotatable bonds is 6. The van der Waals surface area contributed by atoms with Crippen LogP contribution in [0.2, 0.25) is 0 Å². The molecule has 0 spiro atoms. The number of hydrazone groups is 2. The largest absolute Gasteiger partial charge is 0.362 e. The van der Waals surface area contributed by atoms with Crippen LogP contribution in [0.15, 0.2) is 28.4 Å². The smallest absolute Gasteiger partial charge is 0.186 e. The van der Waals surface area contributed by atoms with Gasteiger partial charge in [-0.3, -0.25) is 10.9 Å². The summed E-state index contributed by atoms with van der Waals surface area (Å²) in [5.41, 5.74) is 8.49. The highest BCUT2D eigenvalue weighted by atomic mass is 32.1. The van der Waals surface area contributed by atoms with Gasteiger partial charge in [-0.2, -0.15) is 10.2 Å². The number of aromatic nitrogens is 1. The monoisotopic (exact) mass is 365 g/mol. The highest BCUT2D eigenvalue weighted by molar-refractivity contribution is 7.80. The molecule has 0 fully saturated rings. The van der Waals surface area contributed by atoms with Gasteiger partial charge in [0.05, 0.1) is 22.8 Å². The summed E-state index contributed by atoms with van der Waals surface area (Å²) in [5.74, 6) is 0. The molecule has 0 aliphatic rings. The van der Waals surface area contributed by atoms with E-state index in [-0.39, 0.29) is 0 Å². The molecule has 4 N–H and O–H groups in total. The van der Waals surface area contributed by atoms with Crippen LogP contribution in [-0.4, -0.2) is 39.7 Å². The topological polar surface area (TPSA) is 85.7 Å². The van der Waals surface area contributed by atoms with Crippen LogP contribution < -0.4 is 21.5 Å². The Kier molecular flexibility index (Phi) is 8.80. The minimum Gasteiger partial charge on any atom is -0.362 e. The summed E-state index contributed by atoms with van der Waals surface area (Å²) in [7, 11) is 0. The summed E-state index contributed by atoms with van der Waals surface area (Å²) in [4.78, 5) is 4.55. The molecular weight excluding hydrogens is 342 g/mol. The Balaban J connectivity index is 2.81. The zero-order chi connectivity index (χ0) is 17.9. The molecule has 1 rings (SSSR count). The van der Waals surface area contributed by atoms with Crippen LogP contribution in [0.1, 0.15) is 39.1 Å². The van der Waals surface area contributed by atoms with Crippen molar-refractivity contribution in [3.63, 3.8) is 0 Å². The second-order valence-electron chi connectivity index (χ2n) is 4.75. The molecule has 0 unspecified atom stereocenters. The Morgan fingerprint density at radius 1 is 0.917 bits per heavy atom. The van der Waals surface area contributed by atoms with Crippen molar-refractivity contribution in [1.29, 1.82) is 0 Å². The second-order valence-corrected chi connectivity index (χ2v) is 5.56. The molecule has 0 radical (unpaired) electrons. The molecule has 0 aliphatic carbocycles. The van der Waals surface area contributed by atoms with Crippen molar-refractivity contribution < 1.29 is 0 Å². The molecule has 0 bridgehead atoms. The zero-order valence-corrected chi connectivity index (χ0v) is 15.9. The van der Waals surface area contributed by atoms with E-state index < -0.39 is 0 Å². The van der Waals surface area contributed by atoms with E-state index in [1.807, 2.05) is 45.9 Å². The SMILES string of the molecule is CCNC(=S)N/N=C(/C)c1cccc(/C(C)=N\NC(=S)NCC)n1. The van der Waals surface area contributed by atoms with E-state index in [0.29, 0.717) is 10.2 Å². The minimum absolute atomic E-state index is 0.479. The Morgan fingerprint density at radius 2 is 1.33 bits per heavy atom. The van der Waals surface area contributed by atoms with Crippen LogP contribution in [0.3, 0.4) is 0 Å². The first kappa shape index (κ1) is 19.9. The molecule has 9 heteroatoms. The van der Waals surface area contributed by atoms with Gasteiger partial charge in [-0.15, -0.1) is 0 Å². The third-order valence-corrected chi connectivity index (χ3v) is 3.29. The summed E-state index contributed by atoms with van der Waals surface area (Å²) in [6, 6.07) is 5.66. The van der Waals surface area contributed by atoms with E-state index in [1.165, 1.54) is 0 Å². The predicted molar refractivity (Wildman–Crippen MR) is 107 cm³/mol. The van der Waals surface area contributed by atoms with Crippen molar-refractivity contribution in [3.8, 4) is 0 Å². The standard InChI is InChI=1S/C15H23N7S2/c1-5-16-14(23)21-19-10(3)12-8-7-9-13(18-12)11(4)20-22-15(24)17-6-2/h7-9H,5-6H2,1-4H3,(H2,16,21,23)(H2,17,22,24)/b19-10-,20-11-. The maximum atomic E-state index is 5.07. The summed E-state index contributed by atoms with van der Waals surface area (Å²) in [6.07, 6.45) is 0. The normalized spacial score (nSPS) is 11.7. The number of pyridine rings is 1. The van der Waals surface area contributed by atoms with Gasteiger partial charge in [0.15, 0.2) is 10.2 Å². The van der Waals surface area contributed by atoms with E-state index in [9.17, 15) is 0 Å². The Hall–Kier alpha value is -2.13. The van der Waals surface area contributed by atoms with Gasteiger partial charge in [0, 0.05) is 13.1 Å². The first-order valence-electron chi connectivity index (χ1n) is 7.62. The van der Waals surface area contributed by atoms with Crippen LogP contribution in [0, 0.1) is 0 Å². The number of nitrogens with one attached hydrogen (secondary N) is 4. The number of thiocarbonyl (C=S) groups is 2. The zero-order valence-electron chi connectivity index (χ0n) is 14.3. The molecule has 0 aromatic carbocycles. The third kappa shape index (κ3) is 6.97. The molecule has 0 saturated heterocycles. The van der Waals surface area contributed by atoms with Crippen LogP contribution in [0.5, 0.6) is 0 Å². The van der Waals surface area contributed by atoms with Crippen molar-refractivity contribution in [3.05, 3.63) is 29.6 Å². The van der Waals surface area contributed by atoms with Crippen LogP contribution in [0.4, 0.5) is 0 Å². The average Bonchev–Trinajstić information content (AvgIpc) is 2.58. The molecule has 1 aromatic heterocycles. The Labute approximate surface area is 153 Å². The molecule has 1 aromatic rings. The van der Waals surface area contributed by atoms with Crippen LogP contribution in [0.25, 0.3) is 0 Å². The molecule has 0 amide bonds. The van der Waals surface area contributed by atoms with Crippen molar-refractivity contribution >= 4 is 46.1 Å². The summed E-state index contributed by atoms with van der Waals surface area (Å²) < 4.78 is 0. The van der Waals surface area contributed by atoms with Crippen LogP contribution >= 0.6 is 24.4 Å². The third-order valence-electron chi connectivity index (χ3n) is 2.82.